The van der Waals surface area contributed by atoms with Crippen molar-refractivity contribution in [2.45, 2.75) is 32.9 Å². The minimum absolute atomic E-state index is 0.143. The molecule has 4 aromatic heterocycles. The van der Waals surface area contributed by atoms with Crippen LogP contribution in [0.5, 0.6) is 0 Å². The van der Waals surface area contributed by atoms with Gasteiger partial charge in [-0.25, -0.2) is 18.6 Å². The number of fused-ring (bicyclic) bond motifs is 1. The van der Waals surface area contributed by atoms with Crippen LogP contribution in [0, 0.1) is 5.82 Å². The van der Waals surface area contributed by atoms with Gasteiger partial charge in [-0.05, 0) is 44.5 Å². The van der Waals surface area contributed by atoms with Crippen molar-refractivity contribution in [1.82, 2.24) is 44.7 Å². The van der Waals surface area contributed by atoms with Crippen LogP contribution in [0.2, 0.25) is 0 Å². The molecule has 0 radical (unpaired) electrons. The maximum atomic E-state index is 15.3. The van der Waals surface area contributed by atoms with E-state index in [2.05, 4.69) is 25.8 Å². The molecule has 0 saturated heterocycles. The molecule has 0 unspecified atom stereocenters. The number of carbonyl (C=O) groups is 1. The third-order valence-corrected chi connectivity index (χ3v) is 5.55. The topological polar surface area (TPSA) is 108 Å². The Labute approximate surface area is 200 Å². The molecule has 0 aliphatic carbocycles. The van der Waals surface area contributed by atoms with Gasteiger partial charge in [-0.2, -0.15) is 10.2 Å². The lowest BCUT2D eigenvalue weighted by atomic mass is 10.1. The molecule has 0 atom stereocenters. The van der Waals surface area contributed by atoms with E-state index in [4.69, 9.17) is 4.98 Å². The monoisotopic (exact) mass is 473 g/mol. The molecule has 5 rings (SSSR count). The van der Waals surface area contributed by atoms with E-state index in [-0.39, 0.29) is 23.7 Å². The number of nitrogens with zero attached hydrogens (tertiary/aromatic N) is 8. The zero-order valence-corrected chi connectivity index (χ0v) is 19.8. The van der Waals surface area contributed by atoms with Gasteiger partial charge in [0.2, 0.25) is 0 Å². The van der Waals surface area contributed by atoms with Crippen LogP contribution < -0.4 is 5.32 Å². The Morgan fingerprint density at radius 3 is 2.63 bits per heavy atom. The molecule has 35 heavy (non-hydrogen) atoms. The number of benzene rings is 1. The van der Waals surface area contributed by atoms with Crippen LogP contribution in [0.4, 0.5) is 4.39 Å². The molecule has 5 aromatic rings. The summed E-state index contributed by atoms with van der Waals surface area (Å²) in [4.78, 5) is 17.2. The molecule has 1 N–H and O–H groups in total. The lowest BCUT2D eigenvalue weighted by Gasteiger charge is -2.17. The molecule has 178 valence electrons. The first kappa shape index (κ1) is 22.4. The van der Waals surface area contributed by atoms with Crippen molar-refractivity contribution in [3.05, 3.63) is 72.3 Å². The number of hydrogen-bond acceptors (Lipinski definition) is 6. The molecule has 0 saturated carbocycles. The predicted octanol–water partition coefficient (Wildman–Crippen LogP) is 3.21. The molecule has 0 aliphatic rings. The van der Waals surface area contributed by atoms with Gasteiger partial charge in [-0.3, -0.25) is 9.48 Å². The van der Waals surface area contributed by atoms with Gasteiger partial charge in [0.1, 0.15) is 5.82 Å². The third kappa shape index (κ3) is 4.39. The first-order chi connectivity index (χ1) is 16.7. The van der Waals surface area contributed by atoms with Crippen LogP contribution in [0.3, 0.4) is 0 Å². The van der Waals surface area contributed by atoms with Crippen LogP contribution in [0.25, 0.3) is 28.0 Å². The van der Waals surface area contributed by atoms with Crippen molar-refractivity contribution >= 4 is 11.4 Å². The van der Waals surface area contributed by atoms with Crippen LogP contribution in [0.1, 0.15) is 36.8 Å². The van der Waals surface area contributed by atoms with Gasteiger partial charge in [0.25, 0.3) is 5.91 Å². The van der Waals surface area contributed by atoms with Gasteiger partial charge in [0.15, 0.2) is 5.69 Å². The first-order valence-electron chi connectivity index (χ1n) is 11.0. The fraction of sp³-hybridized carbons (Fsp3) is 0.250. The summed E-state index contributed by atoms with van der Waals surface area (Å²) < 4.78 is 20.2. The number of aryl methyl sites for hydroxylation is 1. The maximum Gasteiger partial charge on any atom is 0.273 e. The number of halogens is 1. The van der Waals surface area contributed by atoms with Gasteiger partial charge < -0.3 is 5.32 Å². The molecular formula is C24H24FN9O. The zero-order valence-electron chi connectivity index (χ0n) is 19.8. The SMILES string of the molecule is Cn1cc(-c2cn3nccc3c(-c3ccc(CNC(=O)c4cn(C(C)(C)C)nn4)cc3F)n2)cn1. The molecule has 10 nitrogen and oxygen atoms in total. The number of carbonyl (C=O) groups excluding carboxylic acids is 1. The van der Waals surface area contributed by atoms with Crippen LogP contribution >= 0.6 is 0 Å². The average molecular weight is 474 g/mol. The van der Waals surface area contributed by atoms with Gasteiger partial charge in [-0.15, -0.1) is 5.10 Å². The second kappa shape index (κ2) is 8.42. The minimum Gasteiger partial charge on any atom is -0.347 e. The number of aromatic nitrogens is 8. The van der Waals surface area contributed by atoms with Crippen molar-refractivity contribution in [3.63, 3.8) is 0 Å². The fourth-order valence-corrected chi connectivity index (χ4v) is 3.65. The van der Waals surface area contributed by atoms with E-state index in [1.165, 1.54) is 6.07 Å². The van der Waals surface area contributed by atoms with Crippen molar-refractivity contribution < 1.29 is 9.18 Å². The largest absolute Gasteiger partial charge is 0.347 e. The predicted molar refractivity (Wildman–Crippen MR) is 127 cm³/mol. The van der Waals surface area contributed by atoms with Gasteiger partial charge in [0.05, 0.1) is 47.2 Å². The van der Waals surface area contributed by atoms with Crippen molar-refractivity contribution in [3.8, 4) is 22.5 Å². The summed E-state index contributed by atoms with van der Waals surface area (Å²) in [5, 5.41) is 19.2. The summed E-state index contributed by atoms with van der Waals surface area (Å²) in [7, 11) is 1.82. The van der Waals surface area contributed by atoms with E-state index >= 15 is 4.39 Å². The molecule has 0 fully saturated rings. The number of nitrogens with one attached hydrogen (secondary N) is 1. The number of rotatable bonds is 5. The van der Waals surface area contributed by atoms with Crippen molar-refractivity contribution in [2.24, 2.45) is 7.05 Å². The summed E-state index contributed by atoms with van der Waals surface area (Å²) in [5.74, 6) is -0.828. The van der Waals surface area contributed by atoms with E-state index in [0.29, 0.717) is 28.0 Å². The summed E-state index contributed by atoms with van der Waals surface area (Å²) in [6.45, 7) is 6.04. The Morgan fingerprint density at radius 1 is 1.11 bits per heavy atom. The van der Waals surface area contributed by atoms with E-state index in [9.17, 15) is 4.79 Å². The normalized spacial score (nSPS) is 11.8. The maximum absolute atomic E-state index is 15.3. The number of hydrogen-bond donors (Lipinski definition) is 1. The average Bonchev–Trinajstić information content (AvgIpc) is 3.56. The summed E-state index contributed by atoms with van der Waals surface area (Å²) in [6.07, 6.45) is 8.56. The fourth-order valence-electron chi connectivity index (χ4n) is 3.65. The lowest BCUT2D eigenvalue weighted by Crippen LogP contribution is -2.24. The Balaban J connectivity index is 1.39. The molecule has 0 aliphatic heterocycles. The van der Waals surface area contributed by atoms with Crippen LogP contribution in [-0.4, -0.2) is 45.3 Å². The van der Waals surface area contributed by atoms with E-state index in [1.807, 2.05) is 34.0 Å². The molecule has 0 spiro atoms. The highest BCUT2D eigenvalue weighted by Gasteiger charge is 2.19. The Hall–Kier alpha value is -4.41. The highest BCUT2D eigenvalue weighted by molar-refractivity contribution is 5.91. The second-order valence-electron chi connectivity index (χ2n) is 9.25. The highest BCUT2D eigenvalue weighted by atomic mass is 19.1. The molecule has 1 aromatic carbocycles. The zero-order chi connectivity index (χ0) is 24.7. The highest BCUT2D eigenvalue weighted by Crippen LogP contribution is 2.29. The summed E-state index contributed by atoms with van der Waals surface area (Å²) >= 11 is 0. The molecule has 0 bridgehead atoms. The summed E-state index contributed by atoms with van der Waals surface area (Å²) in [6, 6.07) is 6.60. The first-order valence-corrected chi connectivity index (χ1v) is 11.0. The van der Waals surface area contributed by atoms with Crippen LogP contribution in [0.15, 0.2) is 55.2 Å². The summed E-state index contributed by atoms with van der Waals surface area (Å²) in [5.41, 5.74) is 3.44. The van der Waals surface area contributed by atoms with Gasteiger partial charge in [-0.1, -0.05) is 11.3 Å². The van der Waals surface area contributed by atoms with Crippen molar-refractivity contribution in [1.29, 1.82) is 0 Å². The molecule has 4 heterocycles. The molecular weight excluding hydrogens is 449 g/mol. The quantitative estimate of drug-likeness (QED) is 0.420. The van der Waals surface area contributed by atoms with Crippen LogP contribution in [-0.2, 0) is 19.1 Å². The van der Waals surface area contributed by atoms with E-state index in [0.717, 1.165) is 5.56 Å². The minimum atomic E-state index is -0.450. The van der Waals surface area contributed by atoms with E-state index in [1.54, 1.807) is 56.9 Å². The standard InChI is InChI=1S/C24H24FN9O/c1-24(2,3)34-14-20(30-31-34)23(35)26-10-15-5-6-17(18(25)9-15)22-21-7-8-27-33(21)13-19(29-22)16-11-28-32(4)12-16/h5-9,11-14H,10H2,1-4H3,(H,26,35). The second-order valence-corrected chi connectivity index (χ2v) is 9.25. The van der Waals surface area contributed by atoms with Crippen molar-refractivity contribution in [2.75, 3.05) is 0 Å². The lowest BCUT2D eigenvalue weighted by molar-refractivity contribution is 0.0945. The molecule has 1 amide bonds. The van der Waals surface area contributed by atoms with Gasteiger partial charge >= 0.3 is 0 Å². The smallest absolute Gasteiger partial charge is 0.273 e. The Morgan fingerprint density at radius 2 is 1.94 bits per heavy atom. The Kier molecular flexibility index (Phi) is 5.39. The molecule has 11 heteroatoms. The van der Waals surface area contributed by atoms with Gasteiger partial charge in [0, 0.05) is 30.9 Å². The van der Waals surface area contributed by atoms with E-state index < -0.39 is 5.82 Å². The Bertz CT molecular complexity index is 1540. The third-order valence-electron chi connectivity index (χ3n) is 5.55. The number of amides is 1.